The molecule has 4 aromatic heterocycles. The van der Waals surface area contributed by atoms with Crippen molar-refractivity contribution in [1.29, 1.82) is 0 Å². The van der Waals surface area contributed by atoms with Gasteiger partial charge in [-0.15, -0.1) is 0 Å². The molecule has 0 bridgehead atoms. The zero-order valence-electron chi connectivity index (χ0n) is 20.2. The fourth-order valence-corrected chi connectivity index (χ4v) is 2.95. The van der Waals surface area contributed by atoms with Gasteiger partial charge in [-0.05, 0) is 35.4 Å². The van der Waals surface area contributed by atoms with Crippen molar-refractivity contribution in [3.05, 3.63) is 105 Å². The van der Waals surface area contributed by atoms with Crippen LogP contribution in [-0.4, -0.2) is 31.0 Å². The minimum atomic E-state index is -1.27. The SMILES string of the molecule is Cn1cc(-c2cncc(C(=O)[O-])c2)ccc1=O.Cn1cc(-c2cncc(C(=O)[O-])c2)ccc1=O.[Na+].[Na+]. The van der Waals surface area contributed by atoms with Crippen LogP contribution < -0.4 is 80.4 Å². The molecule has 172 valence electrons. The normalized spacial score (nSPS) is 9.61. The first-order chi connectivity index (χ1) is 16.2. The molecule has 0 aliphatic carbocycles. The second kappa shape index (κ2) is 14.0. The van der Waals surface area contributed by atoms with Gasteiger partial charge in [0.2, 0.25) is 11.1 Å². The molecule has 4 heterocycles. The first-order valence-corrected chi connectivity index (χ1v) is 9.82. The minimum Gasteiger partial charge on any atom is -0.545 e. The Kier molecular flexibility index (Phi) is 12.1. The first kappa shape index (κ1) is 31.2. The maximum atomic E-state index is 11.2. The molecule has 4 aromatic rings. The van der Waals surface area contributed by atoms with Gasteiger partial charge in [-0.1, -0.05) is 0 Å². The molecule has 36 heavy (non-hydrogen) atoms. The Hall–Kier alpha value is -2.86. The summed E-state index contributed by atoms with van der Waals surface area (Å²) in [7, 11) is 3.25. The summed E-state index contributed by atoms with van der Waals surface area (Å²) in [6.45, 7) is 0. The van der Waals surface area contributed by atoms with Crippen molar-refractivity contribution in [3.8, 4) is 22.3 Å². The van der Waals surface area contributed by atoms with E-state index in [0.717, 1.165) is 11.1 Å². The van der Waals surface area contributed by atoms with Gasteiger partial charge in [0, 0.05) is 85.7 Å². The van der Waals surface area contributed by atoms with E-state index in [2.05, 4.69) is 9.97 Å². The number of carbonyl (C=O) groups excluding carboxylic acids is 2. The molecule has 10 nitrogen and oxygen atoms in total. The molecule has 0 aliphatic heterocycles. The second-order valence-electron chi connectivity index (χ2n) is 7.23. The van der Waals surface area contributed by atoms with Crippen molar-refractivity contribution in [2.75, 3.05) is 0 Å². The number of carboxylic acid groups (broad SMARTS) is 2. The molecule has 0 spiro atoms. The van der Waals surface area contributed by atoms with Crippen molar-refractivity contribution >= 4 is 11.9 Å². The van der Waals surface area contributed by atoms with Crippen molar-refractivity contribution in [2.45, 2.75) is 0 Å². The third kappa shape index (κ3) is 8.09. The molecule has 4 rings (SSSR count). The Morgan fingerprint density at radius 2 is 1.00 bits per heavy atom. The summed E-state index contributed by atoms with van der Waals surface area (Å²) in [5.41, 5.74) is 2.47. The fraction of sp³-hybridized carbons (Fsp3) is 0.0833. The molecule has 0 saturated carbocycles. The van der Waals surface area contributed by atoms with Crippen molar-refractivity contribution < 1.29 is 78.9 Å². The van der Waals surface area contributed by atoms with Crippen LogP contribution in [0.1, 0.15) is 20.7 Å². The van der Waals surface area contributed by atoms with Crippen LogP contribution in [0, 0.1) is 0 Å². The molecule has 0 aliphatic rings. The number of hydrogen-bond acceptors (Lipinski definition) is 8. The Bertz CT molecular complexity index is 1390. The van der Waals surface area contributed by atoms with Crippen molar-refractivity contribution in [3.63, 3.8) is 0 Å². The topological polar surface area (TPSA) is 150 Å². The molecule has 0 amide bonds. The van der Waals surface area contributed by atoms with E-state index >= 15 is 0 Å². The Balaban J connectivity index is 0.000000341. The average Bonchev–Trinajstić information content (AvgIpc) is 2.83. The molecular weight excluding hydrogens is 486 g/mol. The van der Waals surface area contributed by atoms with E-state index in [-0.39, 0.29) is 81.4 Å². The number of pyridine rings is 4. The summed E-state index contributed by atoms with van der Waals surface area (Å²) in [6, 6.07) is 9.00. The van der Waals surface area contributed by atoms with Gasteiger partial charge in [-0.3, -0.25) is 19.6 Å². The van der Waals surface area contributed by atoms with Crippen molar-refractivity contribution in [1.82, 2.24) is 19.1 Å². The van der Waals surface area contributed by atoms with E-state index in [1.54, 1.807) is 38.6 Å². The van der Waals surface area contributed by atoms with Crippen LogP contribution in [0.5, 0.6) is 0 Å². The largest absolute Gasteiger partial charge is 1.00 e. The van der Waals surface area contributed by atoms with E-state index in [9.17, 15) is 29.4 Å². The van der Waals surface area contributed by atoms with Gasteiger partial charge in [-0.2, -0.15) is 0 Å². The number of aromatic nitrogens is 4. The van der Waals surface area contributed by atoms with Gasteiger partial charge >= 0.3 is 59.1 Å². The summed E-state index contributed by atoms with van der Waals surface area (Å²) in [4.78, 5) is 51.5. The van der Waals surface area contributed by atoms with E-state index < -0.39 is 11.9 Å². The molecule has 0 atom stereocenters. The van der Waals surface area contributed by atoms with Gasteiger partial charge in [0.25, 0.3) is 0 Å². The van der Waals surface area contributed by atoms with Crippen LogP contribution in [0.3, 0.4) is 0 Å². The Labute approximate surface area is 249 Å². The van der Waals surface area contributed by atoms with Crippen LogP contribution in [0.4, 0.5) is 0 Å². The molecule has 0 N–H and O–H groups in total. The Morgan fingerprint density at radius 3 is 1.31 bits per heavy atom. The van der Waals surface area contributed by atoms with Crippen LogP contribution in [0.2, 0.25) is 0 Å². The summed E-state index contributed by atoms with van der Waals surface area (Å²) in [6.07, 6.45) is 8.76. The number of carbonyl (C=O) groups is 2. The number of aryl methyl sites for hydroxylation is 2. The third-order valence-corrected chi connectivity index (χ3v) is 4.79. The predicted molar refractivity (Wildman–Crippen MR) is 118 cm³/mol. The quantitative estimate of drug-likeness (QED) is 0.249. The predicted octanol–water partition coefficient (Wildman–Crippen LogP) is -6.37. The number of nitrogens with zero attached hydrogens (tertiary/aromatic N) is 4. The zero-order valence-corrected chi connectivity index (χ0v) is 24.2. The van der Waals surface area contributed by atoms with E-state index in [0.29, 0.717) is 11.1 Å². The van der Waals surface area contributed by atoms with Crippen LogP contribution in [0.15, 0.2) is 83.2 Å². The van der Waals surface area contributed by atoms with Crippen molar-refractivity contribution in [2.24, 2.45) is 14.1 Å². The molecule has 0 radical (unpaired) electrons. The molecular formula is C24H18N4Na2O6. The smallest absolute Gasteiger partial charge is 0.545 e. The second-order valence-corrected chi connectivity index (χ2v) is 7.23. The molecule has 0 saturated heterocycles. The molecule has 12 heteroatoms. The maximum Gasteiger partial charge on any atom is 1.00 e. The van der Waals surface area contributed by atoms with Gasteiger partial charge in [0.05, 0.1) is 11.9 Å². The monoisotopic (exact) mass is 504 g/mol. The van der Waals surface area contributed by atoms with Gasteiger partial charge < -0.3 is 28.9 Å². The maximum absolute atomic E-state index is 11.2. The van der Waals surface area contributed by atoms with Gasteiger partial charge in [-0.25, -0.2) is 0 Å². The summed E-state index contributed by atoms with van der Waals surface area (Å²) in [5.74, 6) is -2.55. The summed E-state index contributed by atoms with van der Waals surface area (Å²) in [5, 5.41) is 21.4. The standard InChI is InChI=1S/2C12H10N2O3.2Na/c2*1-14-7-8(2-3-11(14)15)9-4-10(12(16)17)6-13-5-9;;/h2*2-7H,1H3,(H,16,17);;/q;;2*+1/p-2. The van der Waals surface area contributed by atoms with Gasteiger partial charge in [0.15, 0.2) is 0 Å². The third-order valence-electron chi connectivity index (χ3n) is 4.79. The van der Waals surface area contributed by atoms with Gasteiger partial charge in [0.1, 0.15) is 0 Å². The van der Waals surface area contributed by atoms with Crippen LogP contribution in [-0.2, 0) is 14.1 Å². The molecule has 0 aromatic carbocycles. The van der Waals surface area contributed by atoms with E-state index in [1.807, 2.05) is 0 Å². The average molecular weight is 504 g/mol. The van der Waals surface area contributed by atoms with Crippen LogP contribution in [0.25, 0.3) is 22.3 Å². The number of carboxylic acids is 2. The fourth-order valence-electron chi connectivity index (χ4n) is 2.95. The number of aromatic carboxylic acids is 2. The number of hydrogen-bond donors (Lipinski definition) is 0. The molecule has 0 unspecified atom stereocenters. The molecule has 0 fully saturated rings. The first-order valence-electron chi connectivity index (χ1n) is 9.82. The summed E-state index contributed by atoms with van der Waals surface area (Å²) >= 11 is 0. The van der Waals surface area contributed by atoms with Crippen LogP contribution >= 0.6 is 0 Å². The minimum absolute atomic E-state index is 0. The Morgan fingerprint density at radius 1 is 0.639 bits per heavy atom. The van der Waals surface area contributed by atoms with E-state index in [1.165, 1.54) is 58.2 Å². The zero-order chi connectivity index (χ0) is 24.8. The number of rotatable bonds is 4. The van der Waals surface area contributed by atoms with E-state index in [4.69, 9.17) is 0 Å². The summed E-state index contributed by atoms with van der Waals surface area (Å²) < 4.78 is 2.84.